The molecule has 0 atom stereocenters. The minimum Gasteiger partial charge on any atom is -0.319 e. The maximum atomic E-state index is 11.9. The number of nitrogens with two attached hydrogens (primary N) is 1. The molecule has 1 aromatic heterocycles. The number of hydrogen-bond acceptors (Lipinski definition) is 3. The van der Waals surface area contributed by atoms with Crippen molar-refractivity contribution in [2.75, 3.05) is 0 Å². The van der Waals surface area contributed by atoms with E-state index in [1.165, 1.54) is 4.70 Å². The van der Waals surface area contributed by atoms with Crippen LogP contribution in [0.3, 0.4) is 0 Å². The summed E-state index contributed by atoms with van der Waals surface area (Å²) in [5.74, 6) is -0.0180. The van der Waals surface area contributed by atoms with Gasteiger partial charge in [-0.2, -0.15) is 0 Å². The fourth-order valence-corrected chi connectivity index (χ4v) is 2.25. The summed E-state index contributed by atoms with van der Waals surface area (Å²) >= 11 is 1.67. The van der Waals surface area contributed by atoms with Crippen LogP contribution < -0.4 is 5.73 Å². The van der Waals surface area contributed by atoms with Crippen molar-refractivity contribution in [1.82, 2.24) is 0 Å². The standard InChI is InChI=1S/C12H13NOS/c1-12(2,13)11(14)9-3-4-10-8(7-9)5-6-15-10/h3-7H,13H2,1-2H3. The van der Waals surface area contributed by atoms with Gasteiger partial charge in [0.15, 0.2) is 5.78 Å². The number of carbonyl (C=O) groups is 1. The molecule has 1 heterocycles. The van der Waals surface area contributed by atoms with Crippen LogP contribution in [0, 0.1) is 0 Å². The van der Waals surface area contributed by atoms with Crippen LogP contribution in [0.5, 0.6) is 0 Å². The molecule has 2 aromatic rings. The minimum absolute atomic E-state index is 0.0180. The fourth-order valence-electron chi connectivity index (χ4n) is 1.48. The van der Waals surface area contributed by atoms with Crippen molar-refractivity contribution < 1.29 is 4.79 Å². The van der Waals surface area contributed by atoms with Gasteiger partial charge in [-0.15, -0.1) is 11.3 Å². The van der Waals surface area contributed by atoms with Crippen molar-refractivity contribution in [3.05, 3.63) is 35.2 Å². The smallest absolute Gasteiger partial charge is 0.182 e. The van der Waals surface area contributed by atoms with Gasteiger partial charge in [-0.25, -0.2) is 0 Å². The molecule has 0 bridgehead atoms. The number of rotatable bonds is 2. The van der Waals surface area contributed by atoms with E-state index in [2.05, 4.69) is 0 Å². The fraction of sp³-hybridized carbons (Fsp3) is 0.250. The van der Waals surface area contributed by atoms with Crippen LogP contribution in [0.1, 0.15) is 24.2 Å². The number of carbonyl (C=O) groups excluding carboxylic acids is 1. The van der Waals surface area contributed by atoms with Gasteiger partial charge in [-0.1, -0.05) is 0 Å². The van der Waals surface area contributed by atoms with E-state index in [1.807, 2.05) is 29.6 Å². The molecule has 0 saturated heterocycles. The van der Waals surface area contributed by atoms with Gasteiger partial charge in [0, 0.05) is 10.3 Å². The summed E-state index contributed by atoms with van der Waals surface area (Å²) in [6.45, 7) is 3.46. The van der Waals surface area contributed by atoms with E-state index >= 15 is 0 Å². The molecule has 2 N–H and O–H groups in total. The average Bonchev–Trinajstić information content (AvgIpc) is 2.61. The largest absolute Gasteiger partial charge is 0.319 e. The third-order valence-electron chi connectivity index (χ3n) is 2.30. The van der Waals surface area contributed by atoms with Gasteiger partial charge in [0.25, 0.3) is 0 Å². The molecule has 0 aliphatic rings. The predicted molar refractivity (Wildman–Crippen MR) is 64.4 cm³/mol. The Morgan fingerprint density at radius 2 is 2.07 bits per heavy atom. The molecule has 0 aliphatic heterocycles. The Morgan fingerprint density at radius 1 is 1.33 bits per heavy atom. The van der Waals surface area contributed by atoms with Crippen molar-refractivity contribution in [3.63, 3.8) is 0 Å². The van der Waals surface area contributed by atoms with Gasteiger partial charge in [-0.3, -0.25) is 4.79 Å². The van der Waals surface area contributed by atoms with Crippen LogP contribution in [0.25, 0.3) is 10.1 Å². The van der Waals surface area contributed by atoms with Gasteiger partial charge in [0.05, 0.1) is 5.54 Å². The zero-order valence-electron chi connectivity index (χ0n) is 8.78. The molecule has 78 valence electrons. The first kappa shape index (κ1) is 10.3. The Labute approximate surface area is 92.7 Å². The number of hydrogen-bond donors (Lipinski definition) is 1. The van der Waals surface area contributed by atoms with Crippen LogP contribution in [0.15, 0.2) is 29.6 Å². The lowest BCUT2D eigenvalue weighted by atomic mass is 9.94. The van der Waals surface area contributed by atoms with Crippen LogP contribution in [-0.4, -0.2) is 11.3 Å². The topological polar surface area (TPSA) is 43.1 Å². The first-order chi connectivity index (χ1) is 6.98. The first-order valence-electron chi connectivity index (χ1n) is 4.79. The molecule has 0 saturated carbocycles. The molecule has 0 spiro atoms. The molecule has 3 heteroatoms. The third-order valence-corrected chi connectivity index (χ3v) is 3.20. The highest BCUT2D eigenvalue weighted by atomic mass is 32.1. The van der Waals surface area contributed by atoms with Crippen molar-refractivity contribution >= 4 is 27.2 Å². The van der Waals surface area contributed by atoms with Crippen LogP contribution in [0.4, 0.5) is 0 Å². The Hall–Kier alpha value is -1.19. The zero-order valence-corrected chi connectivity index (χ0v) is 9.60. The van der Waals surface area contributed by atoms with Gasteiger partial charge >= 0.3 is 0 Å². The molecule has 0 fully saturated rings. The Morgan fingerprint density at radius 3 is 2.73 bits per heavy atom. The lowest BCUT2D eigenvalue weighted by Gasteiger charge is -2.16. The Bertz CT molecular complexity index is 508. The zero-order chi connectivity index (χ0) is 11.1. The highest BCUT2D eigenvalue weighted by molar-refractivity contribution is 7.17. The monoisotopic (exact) mass is 219 g/mol. The SMILES string of the molecule is CC(C)(N)C(=O)c1ccc2sccc2c1. The lowest BCUT2D eigenvalue weighted by molar-refractivity contribution is 0.0914. The molecule has 0 amide bonds. The van der Waals surface area contributed by atoms with E-state index in [-0.39, 0.29) is 5.78 Å². The molecule has 0 radical (unpaired) electrons. The van der Waals surface area contributed by atoms with Gasteiger partial charge in [-0.05, 0) is 48.9 Å². The number of thiophene rings is 1. The van der Waals surface area contributed by atoms with E-state index in [0.717, 1.165) is 5.39 Å². The highest BCUT2D eigenvalue weighted by Gasteiger charge is 2.23. The normalized spacial score (nSPS) is 11.9. The predicted octanol–water partition coefficient (Wildman–Crippen LogP) is 2.82. The van der Waals surface area contributed by atoms with Gasteiger partial charge in [0.1, 0.15) is 0 Å². The van der Waals surface area contributed by atoms with Crippen molar-refractivity contribution in [2.45, 2.75) is 19.4 Å². The number of ketones is 1. The van der Waals surface area contributed by atoms with E-state index in [4.69, 9.17) is 5.73 Å². The summed E-state index contributed by atoms with van der Waals surface area (Å²) in [6, 6.07) is 7.73. The van der Waals surface area contributed by atoms with E-state index in [1.54, 1.807) is 25.2 Å². The van der Waals surface area contributed by atoms with Crippen LogP contribution >= 0.6 is 11.3 Å². The quantitative estimate of drug-likeness (QED) is 0.789. The Kier molecular flexibility index (Phi) is 2.37. The van der Waals surface area contributed by atoms with Crippen molar-refractivity contribution in [1.29, 1.82) is 0 Å². The molecule has 2 rings (SSSR count). The summed E-state index contributed by atoms with van der Waals surface area (Å²) in [5.41, 5.74) is 5.67. The third kappa shape index (κ3) is 1.94. The van der Waals surface area contributed by atoms with E-state index in [0.29, 0.717) is 5.56 Å². The molecule has 0 aliphatic carbocycles. The Balaban J connectivity index is 2.49. The molecule has 15 heavy (non-hydrogen) atoms. The van der Waals surface area contributed by atoms with Crippen molar-refractivity contribution in [2.24, 2.45) is 5.73 Å². The summed E-state index contributed by atoms with van der Waals surface area (Å²) in [6.07, 6.45) is 0. The first-order valence-corrected chi connectivity index (χ1v) is 5.67. The number of Topliss-reactive ketones (excluding diaryl/α,β-unsaturated/α-hetero) is 1. The minimum atomic E-state index is -0.802. The van der Waals surface area contributed by atoms with E-state index in [9.17, 15) is 4.79 Å². The maximum absolute atomic E-state index is 11.9. The maximum Gasteiger partial charge on any atom is 0.182 e. The summed E-state index contributed by atoms with van der Waals surface area (Å²) in [4.78, 5) is 11.9. The highest BCUT2D eigenvalue weighted by Crippen LogP contribution is 2.23. The van der Waals surface area contributed by atoms with Crippen LogP contribution in [-0.2, 0) is 0 Å². The molecule has 0 unspecified atom stereocenters. The summed E-state index contributed by atoms with van der Waals surface area (Å²) < 4.78 is 1.20. The van der Waals surface area contributed by atoms with Crippen molar-refractivity contribution in [3.8, 4) is 0 Å². The van der Waals surface area contributed by atoms with Gasteiger partial charge in [0.2, 0.25) is 0 Å². The lowest BCUT2D eigenvalue weighted by Crippen LogP contribution is -2.41. The van der Waals surface area contributed by atoms with E-state index < -0.39 is 5.54 Å². The second-order valence-electron chi connectivity index (χ2n) is 4.22. The summed E-state index contributed by atoms with van der Waals surface area (Å²) in [5, 5.41) is 3.13. The molecule has 2 nitrogen and oxygen atoms in total. The average molecular weight is 219 g/mol. The molecular formula is C12H13NOS. The second-order valence-corrected chi connectivity index (χ2v) is 5.17. The summed E-state index contributed by atoms with van der Waals surface area (Å²) in [7, 11) is 0. The van der Waals surface area contributed by atoms with Crippen LogP contribution in [0.2, 0.25) is 0 Å². The molecular weight excluding hydrogens is 206 g/mol. The molecule has 1 aromatic carbocycles. The number of fused-ring (bicyclic) bond motifs is 1. The second kappa shape index (κ2) is 3.43. The van der Waals surface area contributed by atoms with Gasteiger partial charge < -0.3 is 5.73 Å². The number of benzene rings is 1.